The third-order valence-electron chi connectivity index (χ3n) is 2.22. The highest BCUT2D eigenvalue weighted by atomic mass is 16.3. The molecule has 82 valence electrons. The van der Waals surface area contributed by atoms with Gasteiger partial charge in [0.05, 0.1) is 6.10 Å². The molecule has 2 rings (SSSR count). The molecule has 0 radical (unpaired) electrons. The number of hydrogen-bond donors (Lipinski definition) is 2. The fraction of sp³-hybridized carbons (Fsp3) is 0.200. The minimum atomic E-state index is -0.696. The van der Waals surface area contributed by atoms with Crippen LogP contribution in [0.3, 0.4) is 0 Å². The molecule has 6 nitrogen and oxygen atoms in total. The topological polar surface area (TPSA) is 91.8 Å². The van der Waals surface area contributed by atoms with Crippen molar-refractivity contribution in [2.75, 3.05) is 0 Å². The number of hydrogen-bond acceptors (Lipinski definition) is 5. The number of aromatic amines is 1. The zero-order chi connectivity index (χ0) is 11.4. The minimum absolute atomic E-state index is 0.289. The monoisotopic (exact) mass is 218 g/mol. The van der Waals surface area contributed by atoms with Gasteiger partial charge in [-0.25, -0.2) is 0 Å². The van der Waals surface area contributed by atoms with Gasteiger partial charge in [0.1, 0.15) is 6.29 Å². The largest absolute Gasteiger partial charge is 0.388 e. The van der Waals surface area contributed by atoms with Crippen molar-refractivity contribution in [3.63, 3.8) is 0 Å². The van der Waals surface area contributed by atoms with Gasteiger partial charge in [-0.15, -0.1) is 10.2 Å². The molecule has 0 aliphatic carbocycles. The third-order valence-corrected chi connectivity index (χ3v) is 2.22. The smallest absolute Gasteiger partial charge is 0.177 e. The summed E-state index contributed by atoms with van der Waals surface area (Å²) in [6.45, 7) is 0. The maximum Gasteiger partial charge on any atom is 0.177 e. The summed E-state index contributed by atoms with van der Waals surface area (Å²) < 4.78 is 0. The van der Waals surface area contributed by atoms with Crippen molar-refractivity contribution < 1.29 is 9.90 Å². The first kappa shape index (κ1) is 10.4. The number of nitrogens with zero attached hydrogens (tertiary/aromatic N) is 3. The van der Waals surface area contributed by atoms with Crippen molar-refractivity contribution in [3.8, 4) is 0 Å². The number of benzene rings is 1. The fourth-order valence-electron chi connectivity index (χ4n) is 1.36. The van der Waals surface area contributed by atoms with Crippen LogP contribution < -0.4 is 0 Å². The molecule has 1 atom stereocenters. The van der Waals surface area contributed by atoms with E-state index in [1.807, 2.05) is 0 Å². The summed E-state index contributed by atoms with van der Waals surface area (Å²) in [6.07, 6.45) is 0.352. The Morgan fingerprint density at radius 3 is 2.69 bits per heavy atom. The molecule has 0 fully saturated rings. The summed E-state index contributed by atoms with van der Waals surface area (Å²) in [5.74, 6) is 0.451. The Kier molecular flexibility index (Phi) is 3.02. The van der Waals surface area contributed by atoms with E-state index in [0.29, 0.717) is 11.4 Å². The van der Waals surface area contributed by atoms with Crippen LogP contribution >= 0.6 is 0 Å². The van der Waals surface area contributed by atoms with Crippen LogP contribution in [-0.4, -0.2) is 32.0 Å². The lowest BCUT2D eigenvalue weighted by Gasteiger charge is -2.08. The Balaban J connectivity index is 2.08. The Hall–Kier alpha value is -2.08. The van der Waals surface area contributed by atoms with Crippen LogP contribution in [-0.2, 0) is 6.42 Å². The summed E-state index contributed by atoms with van der Waals surface area (Å²) in [5, 5.41) is 23.1. The molecule has 2 N–H and O–H groups in total. The van der Waals surface area contributed by atoms with Gasteiger partial charge in [0.25, 0.3) is 0 Å². The van der Waals surface area contributed by atoms with E-state index in [-0.39, 0.29) is 6.42 Å². The Morgan fingerprint density at radius 2 is 2.12 bits per heavy atom. The first-order valence-electron chi connectivity index (χ1n) is 4.75. The lowest BCUT2D eigenvalue weighted by Crippen LogP contribution is -2.03. The molecule has 1 aromatic heterocycles. The van der Waals surface area contributed by atoms with E-state index in [4.69, 9.17) is 0 Å². The highest BCUT2D eigenvalue weighted by Gasteiger charge is 2.11. The van der Waals surface area contributed by atoms with E-state index in [9.17, 15) is 9.90 Å². The molecule has 0 aliphatic heterocycles. The van der Waals surface area contributed by atoms with E-state index in [0.717, 1.165) is 11.8 Å². The Labute approximate surface area is 91.3 Å². The first-order valence-corrected chi connectivity index (χ1v) is 4.75. The number of aromatic nitrogens is 4. The molecule has 0 aliphatic rings. The zero-order valence-electron chi connectivity index (χ0n) is 8.37. The van der Waals surface area contributed by atoms with Crippen LogP contribution in [0.2, 0.25) is 0 Å². The molecule has 0 spiro atoms. The van der Waals surface area contributed by atoms with Gasteiger partial charge >= 0.3 is 0 Å². The van der Waals surface area contributed by atoms with Crippen molar-refractivity contribution in [2.45, 2.75) is 12.5 Å². The second-order valence-corrected chi connectivity index (χ2v) is 3.33. The highest BCUT2D eigenvalue weighted by molar-refractivity contribution is 5.74. The normalized spacial score (nSPS) is 12.3. The average Bonchev–Trinajstić information content (AvgIpc) is 2.82. The van der Waals surface area contributed by atoms with Crippen LogP contribution in [0, 0.1) is 0 Å². The summed E-state index contributed by atoms with van der Waals surface area (Å²) in [6, 6.07) is 6.71. The van der Waals surface area contributed by atoms with Gasteiger partial charge in [0.15, 0.2) is 5.82 Å². The average molecular weight is 218 g/mol. The number of H-pyrrole nitrogens is 1. The minimum Gasteiger partial charge on any atom is -0.388 e. The van der Waals surface area contributed by atoms with Crippen molar-refractivity contribution in [1.82, 2.24) is 20.6 Å². The van der Waals surface area contributed by atoms with Crippen molar-refractivity contribution >= 4 is 6.29 Å². The van der Waals surface area contributed by atoms with Gasteiger partial charge < -0.3 is 5.11 Å². The van der Waals surface area contributed by atoms with Crippen LogP contribution in [0.4, 0.5) is 0 Å². The third kappa shape index (κ3) is 2.29. The molecule has 6 heteroatoms. The number of carbonyl (C=O) groups excluding carboxylic acids is 1. The van der Waals surface area contributed by atoms with E-state index >= 15 is 0 Å². The van der Waals surface area contributed by atoms with Crippen LogP contribution in [0.1, 0.15) is 27.8 Å². The van der Waals surface area contributed by atoms with Crippen LogP contribution in [0.15, 0.2) is 24.3 Å². The maximum atomic E-state index is 10.4. The van der Waals surface area contributed by atoms with Gasteiger partial charge in [-0.2, -0.15) is 5.21 Å². The number of nitrogens with one attached hydrogen (secondary N) is 1. The van der Waals surface area contributed by atoms with Crippen LogP contribution in [0.5, 0.6) is 0 Å². The quantitative estimate of drug-likeness (QED) is 0.719. The summed E-state index contributed by atoms with van der Waals surface area (Å²) in [4.78, 5) is 10.4. The first-order chi connectivity index (χ1) is 7.79. The second kappa shape index (κ2) is 4.63. The number of aliphatic hydroxyl groups is 1. The summed E-state index contributed by atoms with van der Waals surface area (Å²) in [5.41, 5.74) is 1.30. The van der Waals surface area contributed by atoms with Gasteiger partial charge in [-0.3, -0.25) is 4.79 Å². The number of aldehydes is 1. The predicted octanol–water partition coefficient (Wildman–Crippen LogP) is 0.288. The number of rotatable bonds is 4. The summed E-state index contributed by atoms with van der Waals surface area (Å²) in [7, 11) is 0. The van der Waals surface area contributed by atoms with Gasteiger partial charge in [-0.05, 0) is 5.56 Å². The van der Waals surface area contributed by atoms with E-state index in [2.05, 4.69) is 20.6 Å². The van der Waals surface area contributed by atoms with Gasteiger partial charge in [0, 0.05) is 12.0 Å². The van der Waals surface area contributed by atoms with Crippen molar-refractivity contribution in [3.05, 3.63) is 41.2 Å². The van der Waals surface area contributed by atoms with E-state index in [1.165, 1.54) is 0 Å². The molecule has 2 aromatic rings. The molecular formula is C10H10N4O2. The van der Waals surface area contributed by atoms with Crippen molar-refractivity contribution in [1.29, 1.82) is 0 Å². The number of tetrazole rings is 1. The fourth-order valence-corrected chi connectivity index (χ4v) is 1.36. The Bertz CT molecular complexity index is 452. The molecule has 1 aromatic carbocycles. The van der Waals surface area contributed by atoms with E-state index in [1.54, 1.807) is 24.3 Å². The lowest BCUT2D eigenvalue weighted by atomic mass is 10.0. The molecule has 1 unspecified atom stereocenters. The molecule has 16 heavy (non-hydrogen) atoms. The standard InChI is InChI=1S/C10H10N4O2/c15-6-7-1-3-8(4-2-7)9(16)5-10-11-13-14-12-10/h1-4,6,9,16H,5H2,(H,11,12,13,14). The maximum absolute atomic E-state index is 10.4. The Morgan fingerprint density at radius 1 is 1.38 bits per heavy atom. The van der Waals surface area contributed by atoms with Gasteiger partial charge in [-0.1, -0.05) is 29.5 Å². The zero-order valence-corrected chi connectivity index (χ0v) is 8.37. The number of aliphatic hydroxyl groups excluding tert-OH is 1. The molecule has 0 amide bonds. The van der Waals surface area contributed by atoms with Crippen molar-refractivity contribution in [2.24, 2.45) is 0 Å². The lowest BCUT2D eigenvalue weighted by molar-refractivity contribution is 0.112. The van der Waals surface area contributed by atoms with E-state index < -0.39 is 6.10 Å². The molecule has 0 saturated carbocycles. The SMILES string of the molecule is O=Cc1ccc(C(O)Cc2nn[nH]n2)cc1. The molecule has 0 bridgehead atoms. The van der Waals surface area contributed by atoms with Gasteiger partial charge in [0.2, 0.25) is 0 Å². The molecule has 0 saturated heterocycles. The predicted molar refractivity (Wildman–Crippen MR) is 54.7 cm³/mol. The number of carbonyl (C=O) groups is 1. The second-order valence-electron chi connectivity index (χ2n) is 3.33. The highest BCUT2D eigenvalue weighted by Crippen LogP contribution is 2.16. The summed E-state index contributed by atoms with van der Waals surface area (Å²) >= 11 is 0. The molecular weight excluding hydrogens is 208 g/mol. The van der Waals surface area contributed by atoms with Crippen LogP contribution in [0.25, 0.3) is 0 Å². The molecule has 1 heterocycles.